The monoisotopic (exact) mass is 430 g/mol. The van der Waals surface area contributed by atoms with Gasteiger partial charge in [-0.2, -0.15) is 5.10 Å². The molecule has 3 nitrogen and oxygen atoms in total. The van der Waals surface area contributed by atoms with Crippen molar-refractivity contribution in [2.75, 3.05) is 0 Å². The van der Waals surface area contributed by atoms with Crippen molar-refractivity contribution in [3.8, 4) is 0 Å². The molecule has 0 amide bonds. The van der Waals surface area contributed by atoms with Crippen LogP contribution in [0.2, 0.25) is 0 Å². The highest BCUT2D eigenvalue weighted by Gasteiger charge is 2.18. The van der Waals surface area contributed by atoms with Gasteiger partial charge < -0.3 is 5.43 Å². The number of nitrogens with one attached hydrogen (secondary N) is 1. The highest BCUT2D eigenvalue weighted by Crippen LogP contribution is 2.28. The third-order valence-corrected chi connectivity index (χ3v) is 4.97. The number of allylic oxidation sites excluding steroid dienone is 6. The standard InChI is InChI=1S/C14H18F2O.C12H18N2/c1-3-5-10(8-12(17)4-2)13-7-6-11(15)9-14(13)16;1-4-6-8-11(7-5-2)12-9-10(3)13-14-12/h6-7,9-10H,3-5,8H2,1-2H3;4-8,10,13H,9H2,1-3H3/b;6-4?,7-5-,11-8+. The maximum absolute atomic E-state index is 13.6. The normalized spacial score (nSPS) is 17.3. The predicted octanol–water partition coefficient (Wildman–Crippen LogP) is 7.02. The highest BCUT2D eigenvalue weighted by molar-refractivity contribution is 6.03. The molecule has 1 aliphatic rings. The molecule has 2 atom stereocenters. The van der Waals surface area contributed by atoms with Crippen LogP contribution in [0.25, 0.3) is 0 Å². The number of hydrazone groups is 1. The molecule has 0 spiro atoms. The van der Waals surface area contributed by atoms with Gasteiger partial charge >= 0.3 is 0 Å². The lowest BCUT2D eigenvalue weighted by Crippen LogP contribution is -2.13. The molecule has 170 valence electrons. The van der Waals surface area contributed by atoms with Crippen LogP contribution in [-0.4, -0.2) is 17.5 Å². The third kappa shape index (κ3) is 9.41. The zero-order valence-corrected chi connectivity index (χ0v) is 19.4. The van der Waals surface area contributed by atoms with Crippen LogP contribution in [0.5, 0.6) is 0 Å². The summed E-state index contributed by atoms with van der Waals surface area (Å²) in [4.78, 5) is 11.5. The highest BCUT2D eigenvalue weighted by atomic mass is 19.1. The van der Waals surface area contributed by atoms with E-state index < -0.39 is 11.6 Å². The number of carbonyl (C=O) groups is 1. The van der Waals surface area contributed by atoms with Crippen LogP contribution in [0.4, 0.5) is 8.78 Å². The van der Waals surface area contributed by atoms with Crippen LogP contribution >= 0.6 is 0 Å². The minimum atomic E-state index is -0.580. The molecule has 0 saturated carbocycles. The Morgan fingerprint density at radius 3 is 2.52 bits per heavy atom. The van der Waals surface area contributed by atoms with E-state index in [0.717, 1.165) is 31.0 Å². The smallest absolute Gasteiger partial charge is 0.133 e. The summed E-state index contributed by atoms with van der Waals surface area (Å²) in [5.74, 6) is -1.14. The van der Waals surface area contributed by atoms with Crippen molar-refractivity contribution in [3.63, 3.8) is 0 Å². The number of Topliss-reactive ketones (excluding diaryl/α,β-unsaturated/α-hetero) is 1. The summed E-state index contributed by atoms with van der Waals surface area (Å²) in [7, 11) is 0. The predicted molar refractivity (Wildman–Crippen MR) is 126 cm³/mol. The van der Waals surface area contributed by atoms with Crippen molar-refractivity contribution in [1.82, 2.24) is 5.43 Å². The summed E-state index contributed by atoms with van der Waals surface area (Å²) >= 11 is 0. The van der Waals surface area contributed by atoms with Crippen molar-refractivity contribution >= 4 is 11.5 Å². The van der Waals surface area contributed by atoms with Gasteiger partial charge in [0.2, 0.25) is 0 Å². The first-order chi connectivity index (χ1) is 14.9. The maximum atomic E-state index is 13.6. The molecule has 0 radical (unpaired) electrons. The average Bonchev–Trinajstić information content (AvgIpc) is 3.17. The second kappa shape index (κ2) is 14.4. The Kier molecular flexibility index (Phi) is 12.3. The first-order valence-electron chi connectivity index (χ1n) is 11.1. The summed E-state index contributed by atoms with van der Waals surface area (Å²) < 4.78 is 26.4. The number of rotatable bonds is 9. The molecule has 0 aliphatic carbocycles. The molecule has 2 unspecified atom stereocenters. The summed E-state index contributed by atoms with van der Waals surface area (Å²) in [5.41, 5.74) is 5.87. The maximum Gasteiger partial charge on any atom is 0.133 e. The lowest BCUT2D eigenvalue weighted by Gasteiger charge is -2.16. The summed E-state index contributed by atoms with van der Waals surface area (Å²) in [6.45, 7) is 9.97. The van der Waals surface area contributed by atoms with Crippen molar-refractivity contribution in [3.05, 3.63) is 71.4 Å². The molecule has 31 heavy (non-hydrogen) atoms. The number of benzene rings is 1. The average molecular weight is 431 g/mol. The zero-order chi connectivity index (χ0) is 23.2. The van der Waals surface area contributed by atoms with Crippen molar-refractivity contribution in [2.24, 2.45) is 5.10 Å². The van der Waals surface area contributed by atoms with Gasteiger partial charge in [0.1, 0.15) is 17.4 Å². The van der Waals surface area contributed by atoms with E-state index >= 15 is 0 Å². The Morgan fingerprint density at radius 1 is 1.26 bits per heavy atom. The van der Waals surface area contributed by atoms with Gasteiger partial charge in [0.15, 0.2) is 0 Å². The van der Waals surface area contributed by atoms with Crippen LogP contribution < -0.4 is 5.43 Å². The van der Waals surface area contributed by atoms with E-state index in [4.69, 9.17) is 0 Å². The number of hydrogen-bond acceptors (Lipinski definition) is 3. The number of ketones is 1. The third-order valence-electron chi connectivity index (χ3n) is 4.97. The van der Waals surface area contributed by atoms with Crippen LogP contribution in [0.3, 0.4) is 0 Å². The van der Waals surface area contributed by atoms with Gasteiger partial charge in [0.25, 0.3) is 0 Å². The summed E-state index contributed by atoms with van der Waals surface area (Å²) in [6.07, 6.45) is 13.7. The second-order valence-electron chi connectivity index (χ2n) is 7.69. The molecule has 0 bridgehead atoms. The quantitative estimate of drug-likeness (QED) is 0.428. The van der Waals surface area contributed by atoms with E-state index in [9.17, 15) is 13.6 Å². The molecule has 1 N–H and O–H groups in total. The van der Waals surface area contributed by atoms with Crippen LogP contribution in [0.15, 0.2) is 59.3 Å². The first kappa shape index (κ1) is 26.5. The molecule has 0 fully saturated rings. The Morgan fingerprint density at radius 2 is 2.00 bits per heavy atom. The largest absolute Gasteiger partial charge is 0.307 e. The van der Waals surface area contributed by atoms with Crippen LogP contribution in [0, 0.1) is 11.6 Å². The molecule has 0 saturated heterocycles. The van der Waals surface area contributed by atoms with Gasteiger partial charge in [0, 0.05) is 31.4 Å². The second-order valence-corrected chi connectivity index (χ2v) is 7.69. The lowest BCUT2D eigenvalue weighted by molar-refractivity contribution is -0.119. The molecule has 0 aromatic heterocycles. The van der Waals surface area contributed by atoms with Crippen molar-refractivity contribution in [1.29, 1.82) is 0 Å². The summed E-state index contributed by atoms with van der Waals surface area (Å²) in [6, 6.07) is 4.05. The fourth-order valence-corrected chi connectivity index (χ4v) is 3.35. The van der Waals surface area contributed by atoms with E-state index in [2.05, 4.69) is 29.6 Å². The molecular formula is C26H36F2N2O. The molecule has 1 aliphatic heterocycles. The van der Waals surface area contributed by atoms with E-state index in [1.807, 2.05) is 39.0 Å². The molecule has 5 heteroatoms. The Hall–Kier alpha value is -2.56. The lowest BCUT2D eigenvalue weighted by atomic mass is 9.89. The van der Waals surface area contributed by atoms with Gasteiger partial charge in [-0.1, -0.05) is 56.7 Å². The molecule has 2 rings (SSSR count). The van der Waals surface area contributed by atoms with Crippen molar-refractivity contribution in [2.45, 2.75) is 78.7 Å². The number of halogens is 2. The zero-order valence-electron chi connectivity index (χ0n) is 19.4. The molecule has 1 aromatic rings. The van der Waals surface area contributed by atoms with Crippen LogP contribution in [-0.2, 0) is 4.79 Å². The van der Waals surface area contributed by atoms with Gasteiger partial charge in [-0.3, -0.25) is 4.79 Å². The summed E-state index contributed by atoms with van der Waals surface area (Å²) in [5, 5.41) is 4.30. The van der Waals surface area contributed by atoms with Crippen molar-refractivity contribution < 1.29 is 13.6 Å². The topological polar surface area (TPSA) is 41.5 Å². The van der Waals surface area contributed by atoms with Gasteiger partial charge in [-0.15, -0.1) is 0 Å². The van der Waals surface area contributed by atoms with E-state index in [1.54, 1.807) is 6.92 Å². The Balaban J connectivity index is 0.000000316. The Bertz CT molecular complexity index is 825. The fraction of sp³-hybridized carbons (Fsp3) is 0.462. The van der Waals surface area contributed by atoms with Gasteiger partial charge in [-0.25, -0.2) is 8.78 Å². The Labute approximate surface area is 186 Å². The molecule has 1 heterocycles. The molecule has 1 aromatic carbocycles. The minimum Gasteiger partial charge on any atom is -0.307 e. The fourth-order valence-electron chi connectivity index (χ4n) is 3.35. The molecular weight excluding hydrogens is 394 g/mol. The first-order valence-corrected chi connectivity index (χ1v) is 11.1. The van der Waals surface area contributed by atoms with E-state index in [0.29, 0.717) is 24.4 Å². The minimum absolute atomic E-state index is 0.118. The van der Waals surface area contributed by atoms with E-state index in [-0.39, 0.29) is 11.7 Å². The number of hydrogen-bond donors (Lipinski definition) is 1. The van der Waals surface area contributed by atoms with Gasteiger partial charge in [0.05, 0.1) is 5.71 Å². The van der Waals surface area contributed by atoms with Crippen LogP contribution in [0.1, 0.15) is 78.2 Å². The van der Waals surface area contributed by atoms with E-state index in [1.165, 1.54) is 17.7 Å². The van der Waals surface area contributed by atoms with Gasteiger partial charge in [-0.05, 0) is 50.3 Å². The number of nitrogens with zero attached hydrogens (tertiary/aromatic N) is 1. The number of carbonyl (C=O) groups excluding carboxylic acids is 1. The SMILES string of the molecule is CC=C/C=C(\C=C/C)C1=NNC(C)C1.CCCC(CC(=O)CC)c1ccc(F)cc1F.